The maximum absolute atomic E-state index is 12.7. The second-order valence-electron chi connectivity index (χ2n) is 4.75. The van der Waals surface area contributed by atoms with Crippen LogP contribution >= 0.6 is 0 Å². The molecule has 5 nitrogen and oxygen atoms in total. The number of imidazole rings is 1. The molecular weight excluding hydrogens is 285 g/mol. The largest absolute Gasteiger partial charge is 0.417 e. The SMILES string of the molecule is O=C(N1CCc2ncc(C(F)(F)F)cc2C1)n1ccnc1. The molecule has 8 heteroatoms. The molecule has 1 aliphatic heterocycles. The monoisotopic (exact) mass is 296 g/mol. The summed E-state index contributed by atoms with van der Waals surface area (Å²) in [7, 11) is 0. The zero-order valence-corrected chi connectivity index (χ0v) is 10.8. The lowest BCUT2D eigenvalue weighted by Crippen LogP contribution is -2.38. The Kier molecular flexibility index (Phi) is 3.15. The second kappa shape index (κ2) is 4.87. The molecule has 3 heterocycles. The summed E-state index contributed by atoms with van der Waals surface area (Å²) in [5.74, 6) is 0. The second-order valence-corrected chi connectivity index (χ2v) is 4.75. The fourth-order valence-corrected chi connectivity index (χ4v) is 2.28. The van der Waals surface area contributed by atoms with Gasteiger partial charge in [-0.25, -0.2) is 9.78 Å². The number of halogens is 3. The number of nitrogens with zero attached hydrogens (tertiary/aromatic N) is 4. The first kappa shape index (κ1) is 13.6. The van der Waals surface area contributed by atoms with Crippen molar-refractivity contribution in [2.75, 3.05) is 6.54 Å². The van der Waals surface area contributed by atoms with Crippen molar-refractivity contribution >= 4 is 6.03 Å². The van der Waals surface area contributed by atoms with Crippen LogP contribution in [0.3, 0.4) is 0 Å². The summed E-state index contributed by atoms with van der Waals surface area (Å²) in [5, 5.41) is 0. The van der Waals surface area contributed by atoms with Gasteiger partial charge in [0, 0.05) is 43.8 Å². The van der Waals surface area contributed by atoms with Gasteiger partial charge < -0.3 is 4.90 Å². The van der Waals surface area contributed by atoms with Crippen LogP contribution in [0.1, 0.15) is 16.8 Å². The molecule has 0 fully saturated rings. The van der Waals surface area contributed by atoms with E-state index in [0.717, 1.165) is 12.3 Å². The molecule has 0 saturated carbocycles. The Balaban J connectivity index is 1.86. The van der Waals surface area contributed by atoms with Gasteiger partial charge in [-0.2, -0.15) is 13.2 Å². The maximum atomic E-state index is 12.7. The van der Waals surface area contributed by atoms with Crippen LogP contribution in [0.2, 0.25) is 0 Å². The number of carbonyl (C=O) groups is 1. The predicted molar refractivity (Wildman–Crippen MR) is 66.4 cm³/mol. The van der Waals surface area contributed by atoms with Crippen molar-refractivity contribution in [1.82, 2.24) is 19.4 Å². The van der Waals surface area contributed by atoms with Crippen LogP contribution in [0.15, 0.2) is 31.0 Å². The molecule has 2 aromatic rings. The van der Waals surface area contributed by atoms with Crippen molar-refractivity contribution in [3.05, 3.63) is 47.8 Å². The summed E-state index contributed by atoms with van der Waals surface area (Å²) in [6, 6.07) is 0.755. The van der Waals surface area contributed by atoms with Crippen LogP contribution in [-0.4, -0.2) is 32.0 Å². The number of hydrogen-bond acceptors (Lipinski definition) is 3. The number of hydrogen-bond donors (Lipinski definition) is 0. The quantitative estimate of drug-likeness (QED) is 0.749. The third-order valence-corrected chi connectivity index (χ3v) is 3.36. The maximum Gasteiger partial charge on any atom is 0.417 e. The van der Waals surface area contributed by atoms with Crippen LogP contribution in [-0.2, 0) is 19.1 Å². The van der Waals surface area contributed by atoms with Crippen LogP contribution in [0, 0.1) is 0 Å². The van der Waals surface area contributed by atoms with Gasteiger partial charge in [-0.05, 0) is 11.6 Å². The summed E-state index contributed by atoms with van der Waals surface area (Å²) in [4.78, 5) is 21.3. The molecule has 3 rings (SSSR count). The first-order valence-corrected chi connectivity index (χ1v) is 6.27. The van der Waals surface area contributed by atoms with Gasteiger partial charge in [-0.3, -0.25) is 9.55 Å². The van der Waals surface area contributed by atoms with Crippen molar-refractivity contribution in [2.24, 2.45) is 0 Å². The lowest BCUT2D eigenvalue weighted by atomic mass is 10.0. The average molecular weight is 296 g/mol. The first-order chi connectivity index (χ1) is 9.95. The van der Waals surface area contributed by atoms with Gasteiger partial charge in [0.15, 0.2) is 0 Å². The highest BCUT2D eigenvalue weighted by Crippen LogP contribution is 2.31. The highest BCUT2D eigenvalue weighted by Gasteiger charge is 2.33. The Labute approximate surface area is 118 Å². The van der Waals surface area contributed by atoms with E-state index in [1.165, 1.54) is 28.2 Å². The van der Waals surface area contributed by atoms with Gasteiger partial charge in [0.1, 0.15) is 6.33 Å². The predicted octanol–water partition coefficient (Wildman–Crippen LogP) is 2.32. The van der Waals surface area contributed by atoms with Crippen LogP contribution in [0.25, 0.3) is 0 Å². The van der Waals surface area contributed by atoms with Gasteiger partial charge in [0.05, 0.1) is 5.56 Å². The normalized spacial score (nSPS) is 14.9. The topological polar surface area (TPSA) is 51.0 Å². The van der Waals surface area contributed by atoms with Gasteiger partial charge >= 0.3 is 12.2 Å². The molecule has 21 heavy (non-hydrogen) atoms. The standard InChI is InChI=1S/C13H11F3N4O/c14-13(15,16)10-5-9-7-19(3-1-11(9)18-6-10)12(21)20-4-2-17-8-20/h2,4-6,8H,1,3,7H2. The third kappa shape index (κ3) is 2.61. The third-order valence-electron chi connectivity index (χ3n) is 3.36. The minimum Gasteiger partial charge on any atom is -0.319 e. The number of alkyl halides is 3. The van der Waals surface area contributed by atoms with E-state index in [-0.39, 0.29) is 12.6 Å². The highest BCUT2D eigenvalue weighted by molar-refractivity contribution is 5.76. The number of pyridine rings is 1. The minimum atomic E-state index is -4.43. The van der Waals surface area contributed by atoms with E-state index in [1.54, 1.807) is 0 Å². The van der Waals surface area contributed by atoms with Crippen molar-refractivity contribution in [2.45, 2.75) is 19.1 Å². The average Bonchev–Trinajstić information content (AvgIpc) is 2.98. The zero-order valence-electron chi connectivity index (χ0n) is 10.8. The van der Waals surface area contributed by atoms with E-state index in [9.17, 15) is 18.0 Å². The molecule has 0 spiro atoms. The van der Waals surface area contributed by atoms with Crippen molar-refractivity contribution in [1.29, 1.82) is 0 Å². The molecule has 110 valence electrons. The Bertz CT molecular complexity index is 667. The van der Waals surface area contributed by atoms with E-state index >= 15 is 0 Å². The van der Waals surface area contributed by atoms with Crippen molar-refractivity contribution in [3.8, 4) is 0 Å². The van der Waals surface area contributed by atoms with Gasteiger partial charge in [0.25, 0.3) is 0 Å². The minimum absolute atomic E-state index is 0.114. The summed E-state index contributed by atoms with van der Waals surface area (Å²) in [6.07, 6.45) is 1.18. The van der Waals surface area contributed by atoms with E-state index in [2.05, 4.69) is 9.97 Å². The molecular formula is C13H11F3N4O. The number of aromatic nitrogens is 3. The molecule has 0 atom stereocenters. The molecule has 2 aromatic heterocycles. The fraction of sp³-hybridized carbons (Fsp3) is 0.308. The molecule has 0 unspecified atom stereocenters. The lowest BCUT2D eigenvalue weighted by Gasteiger charge is -2.28. The van der Waals surface area contributed by atoms with Crippen LogP contribution in [0.5, 0.6) is 0 Å². The van der Waals surface area contributed by atoms with Crippen molar-refractivity contribution in [3.63, 3.8) is 0 Å². The lowest BCUT2D eigenvalue weighted by molar-refractivity contribution is -0.137. The Morgan fingerprint density at radius 2 is 2.14 bits per heavy atom. The number of fused-ring (bicyclic) bond motifs is 1. The Hall–Kier alpha value is -2.38. The van der Waals surface area contributed by atoms with E-state index in [1.807, 2.05) is 0 Å². The molecule has 0 bridgehead atoms. The summed E-state index contributed by atoms with van der Waals surface area (Å²) in [6.45, 7) is 0.533. The number of rotatable bonds is 0. The molecule has 0 radical (unpaired) electrons. The van der Waals surface area contributed by atoms with E-state index in [4.69, 9.17) is 0 Å². The van der Waals surface area contributed by atoms with E-state index < -0.39 is 11.7 Å². The zero-order chi connectivity index (χ0) is 15.0. The van der Waals surface area contributed by atoms with Crippen molar-refractivity contribution < 1.29 is 18.0 Å². The fourth-order valence-electron chi connectivity index (χ4n) is 2.28. The van der Waals surface area contributed by atoms with Gasteiger partial charge in [-0.1, -0.05) is 0 Å². The van der Waals surface area contributed by atoms with Gasteiger partial charge in [-0.15, -0.1) is 0 Å². The van der Waals surface area contributed by atoms with Crippen LogP contribution < -0.4 is 0 Å². The highest BCUT2D eigenvalue weighted by atomic mass is 19.4. The first-order valence-electron chi connectivity index (χ1n) is 6.27. The van der Waals surface area contributed by atoms with Gasteiger partial charge in [0.2, 0.25) is 0 Å². The molecule has 0 saturated heterocycles. The molecule has 1 amide bonds. The Morgan fingerprint density at radius 3 is 2.81 bits per heavy atom. The van der Waals surface area contributed by atoms with E-state index in [0.29, 0.717) is 24.2 Å². The smallest absolute Gasteiger partial charge is 0.319 e. The Morgan fingerprint density at radius 1 is 1.33 bits per heavy atom. The molecule has 0 aliphatic carbocycles. The summed E-state index contributed by atoms with van der Waals surface area (Å²) < 4.78 is 39.4. The number of amides is 1. The summed E-state index contributed by atoms with van der Waals surface area (Å²) in [5.41, 5.74) is 0.250. The summed E-state index contributed by atoms with van der Waals surface area (Å²) >= 11 is 0. The number of carbonyl (C=O) groups excluding carboxylic acids is 1. The van der Waals surface area contributed by atoms with Crippen LogP contribution in [0.4, 0.5) is 18.0 Å². The molecule has 0 N–H and O–H groups in total. The molecule has 0 aromatic carbocycles. The molecule has 1 aliphatic rings.